The van der Waals surface area contributed by atoms with Crippen LogP contribution >= 0.6 is 15.9 Å². The van der Waals surface area contributed by atoms with Crippen molar-refractivity contribution in [3.05, 3.63) is 22.9 Å². The van der Waals surface area contributed by atoms with E-state index in [1.807, 2.05) is 0 Å². The van der Waals surface area contributed by atoms with Crippen molar-refractivity contribution in [1.82, 2.24) is 9.29 Å². The third kappa shape index (κ3) is 2.93. The van der Waals surface area contributed by atoms with E-state index in [1.54, 1.807) is 12.1 Å². The summed E-state index contributed by atoms with van der Waals surface area (Å²) in [5, 5.41) is 0. The third-order valence-electron chi connectivity index (χ3n) is 1.45. The Labute approximate surface area is 91.5 Å². The molecule has 0 amide bonds. The highest BCUT2D eigenvalue weighted by molar-refractivity contribution is 9.10. The summed E-state index contributed by atoms with van der Waals surface area (Å²) in [5.74, 6) is 0. The lowest BCUT2D eigenvalue weighted by Crippen LogP contribution is -2.28. The van der Waals surface area contributed by atoms with E-state index in [0.717, 1.165) is 4.31 Å². The standard InChI is InChI=1S/C7H10BrN3O2S/c1-11(2)14(12,13)10-6-3-4-7(8)9-5-6/h3-5,10H,1-2H3. The number of anilines is 1. The summed E-state index contributed by atoms with van der Waals surface area (Å²) >= 11 is 3.16. The van der Waals surface area contributed by atoms with Gasteiger partial charge in [-0.1, -0.05) is 0 Å². The highest BCUT2D eigenvalue weighted by Crippen LogP contribution is 2.12. The summed E-state index contributed by atoms with van der Waals surface area (Å²) in [6.45, 7) is 0. The molecule has 0 aliphatic carbocycles. The highest BCUT2D eigenvalue weighted by atomic mass is 79.9. The van der Waals surface area contributed by atoms with Gasteiger partial charge in [-0.25, -0.2) is 4.98 Å². The summed E-state index contributed by atoms with van der Waals surface area (Å²) < 4.78 is 26.8. The lowest BCUT2D eigenvalue weighted by molar-refractivity contribution is 0.527. The van der Waals surface area contributed by atoms with E-state index in [2.05, 4.69) is 25.6 Å². The molecule has 0 atom stereocenters. The Morgan fingerprint density at radius 1 is 1.43 bits per heavy atom. The molecule has 1 aromatic rings. The quantitative estimate of drug-likeness (QED) is 0.842. The number of aromatic nitrogens is 1. The Bertz CT molecular complexity index is 401. The Hall–Kier alpha value is -0.660. The van der Waals surface area contributed by atoms with Gasteiger partial charge in [0.2, 0.25) is 0 Å². The van der Waals surface area contributed by atoms with Gasteiger partial charge >= 0.3 is 10.2 Å². The second-order valence-corrected chi connectivity index (χ2v) is 5.46. The minimum atomic E-state index is -3.44. The lowest BCUT2D eigenvalue weighted by Gasteiger charge is -2.12. The fourth-order valence-electron chi connectivity index (χ4n) is 0.676. The van der Waals surface area contributed by atoms with Crippen LogP contribution < -0.4 is 4.72 Å². The van der Waals surface area contributed by atoms with Crippen molar-refractivity contribution >= 4 is 31.8 Å². The number of rotatable bonds is 3. The van der Waals surface area contributed by atoms with Crippen molar-refractivity contribution in [2.75, 3.05) is 18.8 Å². The van der Waals surface area contributed by atoms with Gasteiger partial charge in [-0.05, 0) is 28.1 Å². The number of halogens is 1. The van der Waals surface area contributed by atoms with Crippen molar-refractivity contribution < 1.29 is 8.42 Å². The van der Waals surface area contributed by atoms with Gasteiger partial charge in [-0.2, -0.15) is 12.7 Å². The molecule has 0 saturated heterocycles. The van der Waals surface area contributed by atoms with Crippen molar-refractivity contribution in [2.45, 2.75) is 0 Å². The topological polar surface area (TPSA) is 62.3 Å². The SMILES string of the molecule is CN(C)S(=O)(=O)Nc1ccc(Br)nc1. The molecule has 1 N–H and O–H groups in total. The van der Waals surface area contributed by atoms with Gasteiger partial charge in [-0.3, -0.25) is 4.72 Å². The predicted octanol–water partition coefficient (Wildman–Crippen LogP) is 1.06. The van der Waals surface area contributed by atoms with Crippen LogP contribution in [0.25, 0.3) is 0 Å². The molecule has 5 nitrogen and oxygen atoms in total. The molecule has 0 aliphatic heterocycles. The predicted molar refractivity (Wildman–Crippen MR) is 58.2 cm³/mol. The van der Waals surface area contributed by atoms with Crippen LogP contribution in [0.1, 0.15) is 0 Å². The minimum absolute atomic E-state index is 0.432. The maximum atomic E-state index is 11.4. The molecule has 78 valence electrons. The number of nitrogens with zero attached hydrogens (tertiary/aromatic N) is 2. The number of pyridine rings is 1. The summed E-state index contributed by atoms with van der Waals surface area (Å²) in [6.07, 6.45) is 1.44. The number of nitrogens with one attached hydrogen (secondary N) is 1. The average Bonchev–Trinajstić information content (AvgIpc) is 2.08. The van der Waals surface area contributed by atoms with Crippen molar-refractivity contribution in [1.29, 1.82) is 0 Å². The molecule has 0 aromatic carbocycles. The molecular formula is C7H10BrN3O2S. The fraction of sp³-hybridized carbons (Fsp3) is 0.286. The van der Waals surface area contributed by atoms with Gasteiger partial charge in [0.1, 0.15) is 4.60 Å². The first-order chi connectivity index (χ1) is 6.42. The molecule has 1 aromatic heterocycles. The Morgan fingerprint density at radius 3 is 2.50 bits per heavy atom. The van der Waals surface area contributed by atoms with E-state index in [4.69, 9.17) is 0 Å². The smallest absolute Gasteiger partial charge is 0.269 e. The second kappa shape index (κ2) is 4.24. The normalized spacial score (nSPS) is 11.7. The molecule has 14 heavy (non-hydrogen) atoms. The third-order valence-corrected chi connectivity index (χ3v) is 3.38. The molecule has 0 unspecified atom stereocenters. The van der Waals surface area contributed by atoms with Crippen LogP contribution in [0.4, 0.5) is 5.69 Å². The highest BCUT2D eigenvalue weighted by Gasteiger charge is 2.12. The summed E-state index contributed by atoms with van der Waals surface area (Å²) in [7, 11) is -0.530. The Morgan fingerprint density at radius 2 is 2.07 bits per heavy atom. The molecule has 1 heterocycles. The van der Waals surface area contributed by atoms with Crippen LogP contribution in [0.2, 0.25) is 0 Å². The Kier molecular flexibility index (Phi) is 3.46. The summed E-state index contributed by atoms with van der Waals surface area (Å²) in [4.78, 5) is 3.89. The van der Waals surface area contributed by atoms with Gasteiger partial charge < -0.3 is 0 Å². The maximum absolute atomic E-state index is 11.4. The van der Waals surface area contributed by atoms with Crippen LogP contribution in [-0.4, -0.2) is 31.8 Å². The minimum Gasteiger partial charge on any atom is -0.269 e. The lowest BCUT2D eigenvalue weighted by atomic mass is 10.4. The van der Waals surface area contributed by atoms with Crippen molar-refractivity contribution in [3.8, 4) is 0 Å². The molecule has 1 rings (SSSR count). The molecule has 0 fully saturated rings. The van der Waals surface area contributed by atoms with Gasteiger partial charge in [0.15, 0.2) is 0 Å². The first-order valence-electron chi connectivity index (χ1n) is 3.73. The molecule has 0 radical (unpaired) electrons. The zero-order chi connectivity index (χ0) is 10.8. The molecule has 7 heteroatoms. The first kappa shape index (κ1) is 11.4. The second-order valence-electron chi connectivity index (χ2n) is 2.76. The molecule has 0 spiro atoms. The van der Waals surface area contributed by atoms with Gasteiger partial charge in [0, 0.05) is 14.1 Å². The molecule has 0 aliphatic rings. The average molecular weight is 280 g/mol. The molecule has 0 saturated carbocycles. The van der Waals surface area contributed by atoms with Crippen LogP contribution in [0.5, 0.6) is 0 Å². The van der Waals surface area contributed by atoms with Crippen LogP contribution in [0, 0.1) is 0 Å². The summed E-state index contributed by atoms with van der Waals surface area (Å²) in [6, 6.07) is 3.28. The zero-order valence-electron chi connectivity index (χ0n) is 7.73. The number of hydrogen-bond donors (Lipinski definition) is 1. The van der Waals surface area contributed by atoms with E-state index in [9.17, 15) is 8.42 Å². The van der Waals surface area contributed by atoms with Gasteiger partial charge in [-0.15, -0.1) is 0 Å². The van der Waals surface area contributed by atoms with E-state index in [1.165, 1.54) is 20.3 Å². The Balaban J connectivity index is 2.85. The fourth-order valence-corrected chi connectivity index (χ4v) is 1.51. The van der Waals surface area contributed by atoms with E-state index < -0.39 is 10.2 Å². The molecule has 0 bridgehead atoms. The van der Waals surface area contributed by atoms with Crippen LogP contribution in [0.3, 0.4) is 0 Å². The zero-order valence-corrected chi connectivity index (χ0v) is 10.1. The summed E-state index contributed by atoms with van der Waals surface area (Å²) in [5.41, 5.74) is 0.432. The largest absolute Gasteiger partial charge is 0.301 e. The van der Waals surface area contributed by atoms with E-state index in [0.29, 0.717) is 10.3 Å². The van der Waals surface area contributed by atoms with Gasteiger partial charge in [0.25, 0.3) is 0 Å². The number of hydrogen-bond acceptors (Lipinski definition) is 3. The van der Waals surface area contributed by atoms with Gasteiger partial charge in [0.05, 0.1) is 11.9 Å². The van der Waals surface area contributed by atoms with E-state index >= 15 is 0 Å². The molecular weight excluding hydrogens is 270 g/mol. The maximum Gasteiger partial charge on any atom is 0.301 e. The van der Waals surface area contributed by atoms with Crippen LogP contribution in [-0.2, 0) is 10.2 Å². The van der Waals surface area contributed by atoms with Crippen molar-refractivity contribution in [3.63, 3.8) is 0 Å². The van der Waals surface area contributed by atoms with Crippen LogP contribution in [0.15, 0.2) is 22.9 Å². The first-order valence-corrected chi connectivity index (χ1v) is 5.97. The monoisotopic (exact) mass is 279 g/mol. The van der Waals surface area contributed by atoms with Crippen molar-refractivity contribution in [2.24, 2.45) is 0 Å². The van der Waals surface area contributed by atoms with E-state index in [-0.39, 0.29) is 0 Å².